The van der Waals surface area contributed by atoms with Crippen molar-refractivity contribution in [1.29, 1.82) is 0 Å². The average molecular weight is 468 g/mol. The van der Waals surface area contributed by atoms with Gasteiger partial charge in [0.1, 0.15) is 5.60 Å². The fourth-order valence-electron chi connectivity index (χ4n) is 4.42. The largest absolute Gasteiger partial charge is 0.376 e. The van der Waals surface area contributed by atoms with Crippen LogP contribution in [0, 0.1) is 0 Å². The van der Waals surface area contributed by atoms with Crippen molar-refractivity contribution in [2.45, 2.75) is 11.5 Å². The van der Waals surface area contributed by atoms with Crippen LogP contribution in [-0.4, -0.2) is 26.2 Å². The van der Waals surface area contributed by atoms with Crippen molar-refractivity contribution < 1.29 is 5.11 Å². The van der Waals surface area contributed by atoms with Crippen molar-refractivity contribution in [3.8, 4) is 0 Å². The van der Waals surface area contributed by atoms with E-state index in [1.54, 1.807) is 0 Å². The number of nitrogens with two attached hydrogens (primary N) is 3. The minimum Gasteiger partial charge on any atom is -0.376 e. The summed E-state index contributed by atoms with van der Waals surface area (Å²) < 4.78 is 0. The Bertz CT molecular complexity index is 1170. The summed E-state index contributed by atoms with van der Waals surface area (Å²) >= 11 is 0. The van der Waals surface area contributed by atoms with Crippen molar-refractivity contribution in [1.82, 2.24) is 0 Å². The molecule has 0 heterocycles. The SMILES string of the molecule is CN.CN.CN.OC(c1ccccc1)(c1ccccc1)c1c(C2C=CC=C2)ccc2ccccc12. The highest BCUT2D eigenvalue weighted by Crippen LogP contribution is 2.44. The molecule has 4 heteroatoms. The van der Waals surface area contributed by atoms with E-state index >= 15 is 0 Å². The Labute approximate surface area is 209 Å². The van der Waals surface area contributed by atoms with E-state index in [-0.39, 0.29) is 5.92 Å². The molecule has 0 atom stereocenters. The van der Waals surface area contributed by atoms with Gasteiger partial charge in [-0.15, -0.1) is 0 Å². The van der Waals surface area contributed by atoms with Crippen LogP contribution in [0.5, 0.6) is 0 Å². The minimum atomic E-state index is -1.26. The molecule has 1 aliphatic carbocycles. The second-order valence-electron chi connectivity index (χ2n) is 7.49. The van der Waals surface area contributed by atoms with Gasteiger partial charge in [0.25, 0.3) is 0 Å². The smallest absolute Gasteiger partial charge is 0.141 e. The van der Waals surface area contributed by atoms with Gasteiger partial charge in [0.2, 0.25) is 0 Å². The summed E-state index contributed by atoms with van der Waals surface area (Å²) in [6.45, 7) is 0. The van der Waals surface area contributed by atoms with Gasteiger partial charge in [0, 0.05) is 11.5 Å². The zero-order chi connectivity index (χ0) is 25.7. The zero-order valence-electron chi connectivity index (χ0n) is 20.8. The summed E-state index contributed by atoms with van der Waals surface area (Å²) in [6, 6.07) is 32.6. The van der Waals surface area contributed by atoms with Crippen molar-refractivity contribution in [2.24, 2.45) is 17.2 Å². The number of rotatable bonds is 4. The maximum atomic E-state index is 12.5. The van der Waals surface area contributed by atoms with E-state index in [1.165, 1.54) is 21.1 Å². The zero-order valence-corrected chi connectivity index (χ0v) is 20.8. The van der Waals surface area contributed by atoms with Gasteiger partial charge in [-0.25, -0.2) is 0 Å². The van der Waals surface area contributed by atoms with E-state index in [0.717, 1.165) is 33.0 Å². The van der Waals surface area contributed by atoms with Gasteiger partial charge in [0.05, 0.1) is 0 Å². The summed E-state index contributed by atoms with van der Waals surface area (Å²) in [7, 11) is 4.50. The van der Waals surface area contributed by atoms with Gasteiger partial charge in [-0.2, -0.15) is 0 Å². The van der Waals surface area contributed by atoms with Crippen molar-refractivity contribution >= 4 is 10.8 Å². The Balaban J connectivity index is 0.000000671. The Hall–Kier alpha value is -3.54. The van der Waals surface area contributed by atoms with Crippen LogP contribution in [-0.2, 0) is 5.60 Å². The summed E-state index contributed by atoms with van der Waals surface area (Å²) in [4.78, 5) is 0. The Morgan fingerprint density at radius 3 is 1.54 bits per heavy atom. The average Bonchev–Trinajstić information content (AvgIpc) is 3.51. The first kappa shape index (κ1) is 27.7. The van der Waals surface area contributed by atoms with E-state index in [9.17, 15) is 5.11 Å². The van der Waals surface area contributed by atoms with Gasteiger partial charge in [-0.1, -0.05) is 121 Å². The van der Waals surface area contributed by atoms with Gasteiger partial charge >= 0.3 is 0 Å². The monoisotopic (exact) mass is 467 g/mol. The Kier molecular flexibility index (Phi) is 11.1. The topological polar surface area (TPSA) is 98.3 Å². The highest BCUT2D eigenvalue weighted by Gasteiger charge is 2.38. The molecule has 0 aliphatic heterocycles. The van der Waals surface area contributed by atoms with Crippen LogP contribution in [0.15, 0.2) is 121 Å². The Morgan fingerprint density at radius 1 is 0.571 bits per heavy atom. The molecule has 0 radical (unpaired) electrons. The molecule has 5 rings (SSSR count). The molecular weight excluding hydrogens is 430 g/mol. The molecule has 0 saturated heterocycles. The first-order valence-electron chi connectivity index (χ1n) is 11.7. The molecule has 0 unspecified atom stereocenters. The molecule has 0 aromatic heterocycles. The molecule has 4 aromatic carbocycles. The van der Waals surface area contributed by atoms with E-state index in [2.05, 4.69) is 65.8 Å². The highest BCUT2D eigenvalue weighted by molar-refractivity contribution is 5.89. The van der Waals surface area contributed by atoms with Crippen LogP contribution in [0.2, 0.25) is 0 Å². The highest BCUT2D eigenvalue weighted by atomic mass is 16.3. The molecule has 4 nitrogen and oxygen atoms in total. The second-order valence-corrected chi connectivity index (χ2v) is 7.49. The van der Waals surface area contributed by atoms with E-state index < -0.39 is 5.60 Å². The second kappa shape index (κ2) is 14.0. The quantitative estimate of drug-likeness (QED) is 0.315. The van der Waals surface area contributed by atoms with E-state index in [0.29, 0.717) is 0 Å². The molecule has 7 N–H and O–H groups in total. The van der Waals surface area contributed by atoms with Crippen molar-refractivity contribution in [2.75, 3.05) is 21.1 Å². The van der Waals surface area contributed by atoms with Crippen molar-refractivity contribution in [3.05, 3.63) is 144 Å². The summed E-state index contributed by atoms with van der Waals surface area (Å²) in [6.07, 6.45) is 8.52. The third kappa shape index (κ3) is 5.76. The Morgan fingerprint density at radius 2 is 1.03 bits per heavy atom. The van der Waals surface area contributed by atoms with Crippen LogP contribution < -0.4 is 17.2 Å². The third-order valence-corrected chi connectivity index (χ3v) is 5.81. The van der Waals surface area contributed by atoms with E-state index in [1.807, 2.05) is 72.8 Å². The maximum absolute atomic E-state index is 12.5. The van der Waals surface area contributed by atoms with Crippen LogP contribution in [0.3, 0.4) is 0 Å². The normalized spacial score (nSPS) is 12.1. The minimum absolute atomic E-state index is 0.147. The number of hydrogen-bond acceptors (Lipinski definition) is 4. The first-order chi connectivity index (χ1) is 17.3. The molecule has 0 bridgehead atoms. The fourth-order valence-corrected chi connectivity index (χ4v) is 4.42. The molecule has 0 spiro atoms. The molecule has 4 aromatic rings. The number of allylic oxidation sites excluding steroid dienone is 4. The summed E-state index contributed by atoms with van der Waals surface area (Å²) in [5.74, 6) is 0.147. The molecule has 182 valence electrons. The summed E-state index contributed by atoms with van der Waals surface area (Å²) in [5, 5.41) is 14.7. The first-order valence-corrected chi connectivity index (χ1v) is 11.7. The molecule has 0 amide bonds. The molecule has 0 fully saturated rings. The van der Waals surface area contributed by atoms with E-state index in [4.69, 9.17) is 0 Å². The maximum Gasteiger partial charge on any atom is 0.141 e. The summed E-state index contributed by atoms with van der Waals surface area (Å²) in [5.41, 5.74) is 16.1. The lowest BCUT2D eigenvalue weighted by atomic mass is 9.74. The van der Waals surface area contributed by atoms with Crippen LogP contribution in [0.1, 0.15) is 28.2 Å². The van der Waals surface area contributed by atoms with Gasteiger partial charge < -0.3 is 22.3 Å². The lowest BCUT2D eigenvalue weighted by Gasteiger charge is -2.34. The third-order valence-electron chi connectivity index (χ3n) is 5.81. The molecular formula is C31H37N3O. The van der Waals surface area contributed by atoms with Crippen LogP contribution in [0.4, 0.5) is 0 Å². The number of aliphatic hydroxyl groups is 1. The van der Waals surface area contributed by atoms with Crippen molar-refractivity contribution in [3.63, 3.8) is 0 Å². The number of fused-ring (bicyclic) bond motifs is 1. The molecule has 1 aliphatic rings. The van der Waals surface area contributed by atoms with Gasteiger partial charge in [-0.05, 0) is 48.6 Å². The predicted octanol–water partition coefficient (Wildman–Crippen LogP) is 5.06. The van der Waals surface area contributed by atoms with Gasteiger partial charge in [-0.3, -0.25) is 0 Å². The standard InChI is InChI=1S/C28H22O.3CH5N/c29-28(23-14-3-1-4-15-23,24-16-5-2-6-17-24)27-25-18-10-9-13-22(25)19-20-26(27)21-11-7-8-12-21;3*1-2/h1-21,29H;3*2H2,1H3. The number of hydrogen-bond donors (Lipinski definition) is 4. The van der Waals surface area contributed by atoms with Crippen LogP contribution in [0.25, 0.3) is 10.8 Å². The molecule has 0 saturated carbocycles. The fraction of sp³-hybridized carbons (Fsp3) is 0.161. The lowest BCUT2D eigenvalue weighted by Crippen LogP contribution is -2.31. The predicted molar refractivity (Wildman–Crippen MR) is 150 cm³/mol. The lowest BCUT2D eigenvalue weighted by molar-refractivity contribution is 0.126. The van der Waals surface area contributed by atoms with Gasteiger partial charge in [0.15, 0.2) is 0 Å². The van der Waals surface area contributed by atoms with Crippen LogP contribution >= 0.6 is 0 Å². The molecule has 35 heavy (non-hydrogen) atoms. The number of benzene rings is 4.